The number of rotatable bonds is 1. The van der Waals surface area contributed by atoms with Crippen LogP contribution in [0.15, 0.2) is 46.5 Å². The van der Waals surface area contributed by atoms with Gasteiger partial charge in [0.15, 0.2) is 0 Å². The highest BCUT2D eigenvalue weighted by molar-refractivity contribution is 6.32. The van der Waals surface area contributed by atoms with Gasteiger partial charge in [-0.25, -0.2) is 14.2 Å². The fourth-order valence-electron chi connectivity index (χ4n) is 2.39. The maximum absolute atomic E-state index is 13.0. The van der Waals surface area contributed by atoms with Crippen LogP contribution < -0.4 is 0 Å². The van der Waals surface area contributed by atoms with E-state index in [0.29, 0.717) is 17.2 Å². The molecule has 1 aromatic rings. The van der Waals surface area contributed by atoms with Gasteiger partial charge in [-0.1, -0.05) is 0 Å². The van der Waals surface area contributed by atoms with Crippen LogP contribution in [0.4, 0.5) is 14.9 Å². The number of aliphatic imine (C=N–C) groups is 2. The minimum absolute atomic E-state index is 0.344. The number of carbonyl (C=O) groups is 2. The summed E-state index contributed by atoms with van der Waals surface area (Å²) in [5.74, 6) is -1.13. The van der Waals surface area contributed by atoms with E-state index in [-0.39, 0.29) is 11.7 Å². The molecule has 0 bridgehead atoms. The molecule has 0 radical (unpaired) electrons. The zero-order chi connectivity index (χ0) is 15.9. The van der Waals surface area contributed by atoms with Crippen molar-refractivity contribution < 1.29 is 14.0 Å². The molecule has 0 N–H and O–H groups in total. The van der Waals surface area contributed by atoms with Crippen LogP contribution in [-0.4, -0.2) is 47.4 Å². The van der Waals surface area contributed by atoms with Gasteiger partial charge in [0.2, 0.25) is 5.91 Å². The second kappa shape index (κ2) is 5.18. The number of hydrogen-bond donors (Lipinski definition) is 0. The van der Waals surface area contributed by atoms with Gasteiger partial charge in [0.1, 0.15) is 17.6 Å². The standard InChI is InChI=1S/C15H13FN4O2/c1-19-13-12(14(21)20(2)15(19)22)11(7-8-17-13)18-10-5-3-9(16)4-6-10/h3-8,12H,1-2H3. The largest absolute Gasteiger partial charge is 0.331 e. The smallest absolute Gasteiger partial charge is 0.284 e. The van der Waals surface area contributed by atoms with Crippen LogP contribution in [0.5, 0.6) is 0 Å². The first-order chi connectivity index (χ1) is 10.5. The maximum atomic E-state index is 13.0. The summed E-state index contributed by atoms with van der Waals surface area (Å²) < 4.78 is 13.0. The molecule has 6 nitrogen and oxygen atoms in total. The summed E-state index contributed by atoms with van der Waals surface area (Å²) in [5, 5.41) is 0. The number of carbonyl (C=O) groups excluding carboxylic acids is 2. The zero-order valence-corrected chi connectivity index (χ0v) is 12.0. The number of allylic oxidation sites excluding steroid dienone is 1. The number of halogens is 1. The van der Waals surface area contributed by atoms with E-state index >= 15 is 0 Å². The summed E-state index contributed by atoms with van der Waals surface area (Å²) in [6.07, 6.45) is 3.11. The van der Waals surface area contributed by atoms with Gasteiger partial charge < -0.3 is 0 Å². The molecule has 2 aliphatic rings. The summed E-state index contributed by atoms with van der Waals surface area (Å²) in [4.78, 5) is 35.2. The predicted molar refractivity (Wildman–Crippen MR) is 79.5 cm³/mol. The Morgan fingerprint density at radius 3 is 2.50 bits per heavy atom. The van der Waals surface area contributed by atoms with Crippen LogP contribution in [0.25, 0.3) is 0 Å². The Hall–Kier alpha value is -2.83. The fraction of sp³-hybridized carbons (Fsp3) is 0.200. The topological polar surface area (TPSA) is 65.3 Å². The van der Waals surface area contributed by atoms with Gasteiger partial charge in [0.25, 0.3) is 0 Å². The molecule has 1 atom stereocenters. The fourth-order valence-corrected chi connectivity index (χ4v) is 2.39. The third-order valence-corrected chi connectivity index (χ3v) is 3.59. The van der Waals surface area contributed by atoms with E-state index in [1.54, 1.807) is 13.1 Å². The van der Waals surface area contributed by atoms with Crippen LogP contribution in [0.3, 0.4) is 0 Å². The number of nitrogens with zero attached hydrogens (tertiary/aromatic N) is 4. The monoisotopic (exact) mass is 300 g/mol. The predicted octanol–water partition coefficient (Wildman–Crippen LogP) is 1.96. The lowest BCUT2D eigenvalue weighted by Crippen LogP contribution is -2.59. The van der Waals surface area contributed by atoms with Gasteiger partial charge in [-0.3, -0.25) is 19.6 Å². The van der Waals surface area contributed by atoms with E-state index in [9.17, 15) is 14.0 Å². The first kappa shape index (κ1) is 14.1. The molecule has 0 spiro atoms. The number of hydrogen-bond acceptors (Lipinski definition) is 4. The van der Waals surface area contributed by atoms with E-state index in [2.05, 4.69) is 9.98 Å². The van der Waals surface area contributed by atoms with Gasteiger partial charge in [-0.15, -0.1) is 0 Å². The summed E-state index contributed by atoms with van der Waals surface area (Å²) in [6, 6.07) is 5.20. The van der Waals surface area contributed by atoms with E-state index in [0.717, 1.165) is 4.90 Å². The minimum atomic E-state index is -0.734. The highest BCUT2D eigenvalue weighted by atomic mass is 19.1. The summed E-state index contributed by atoms with van der Waals surface area (Å²) >= 11 is 0. The van der Waals surface area contributed by atoms with E-state index in [1.165, 1.54) is 42.4 Å². The van der Waals surface area contributed by atoms with Crippen molar-refractivity contribution in [3.8, 4) is 0 Å². The first-order valence-electron chi connectivity index (χ1n) is 6.62. The number of fused-ring (bicyclic) bond motifs is 1. The van der Waals surface area contributed by atoms with E-state index in [1.807, 2.05) is 0 Å². The molecule has 0 saturated carbocycles. The SMILES string of the molecule is CN1C(=O)C2C(=Nc3ccc(F)cc3)C=CN=C2N(C)C1=O. The molecule has 1 fully saturated rings. The Bertz CT molecular complexity index is 736. The number of amides is 3. The quantitative estimate of drug-likeness (QED) is 0.796. The number of amidine groups is 1. The Morgan fingerprint density at radius 1 is 1.14 bits per heavy atom. The maximum Gasteiger partial charge on any atom is 0.331 e. The van der Waals surface area contributed by atoms with E-state index < -0.39 is 11.9 Å². The first-order valence-corrected chi connectivity index (χ1v) is 6.62. The molecule has 3 rings (SSSR count). The average Bonchev–Trinajstić information content (AvgIpc) is 2.53. The lowest BCUT2D eigenvalue weighted by Gasteiger charge is -2.36. The molecule has 1 saturated heterocycles. The Balaban J connectivity index is 2.02. The molecule has 3 amide bonds. The molecule has 112 valence electrons. The van der Waals surface area contributed by atoms with Crippen molar-refractivity contribution in [2.75, 3.05) is 14.1 Å². The van der Waals surface area contributed by atoms with Crippen molar-refractivity contribution in [2.24, 2.45) is 15.9 Å². The van der Waals surface area contributed by atoms with Crippen LogP contribution >= 0.6 is 0 Å². The average molecular weight is 300 g/mol. The normalized spacial score (nSPS) is 23.0. The molecular weight excluding hydrogens is 287 g/mol. The number of imide groups is 1. The summed E-state index contributed by atoms with van der Waals surface area (Å²) in [7, 11) is 2.98. The molecule has 1 aromatic carbocycles. The Kier molecular flexibility index (Phi) is 3.32. The Labute approximate surface area is 126 Å². The molecule has 2 heterocycles. The molecule has 22 heavy (non-hydrogen) atoms. The van der Waals surface area contributed by atoms with Gasteiger partial charge in [0, 0.05) is 20.3 Å². The molecule has 2 aliphatic heterocycles. The highest BCUT2D eigenvalue weighted by Gasteiger charge is 2.43. The second-order valence-corrected chi connectivity index (χ2v) is 4.99. The third kappa shape index (κ3) is 2.20. The van der Waals surface area contributed by atoms with Crippen LogP contribution in [-0.2, 0) is 4.79 Å². The zero-order valence-electron chi connectivity index (χ0n) is 12.0. The van der Waals surface area contributed by atoms with Gasteiger partial charge in [0.05, 0.1) is 11.4 Å². The summed E-state index contributed by atoms with van der Waals surface area (Å²) in [6.45, 7) is 0. The number of urea groups is 1. The number of benzene rings is 1. The Morgan fingerprint density at radius 2 is 1.82 bits per heavy atom. The third-order valence-electron chi connectivity index (χ3n) is 3.59. The molecule has 0 aromatic heterocycles. The lowest BCUT2D eigenvalue weighted by molar-refractivity contribution is -0.128. The van der Waals surface area contributed by atoms with Crippen LogP contribution in [0.1, 0.15) is 0 Å². The molecule has 0 aliphatic carbocycles. The van der Waals surface area contributed by atoms with Gasteiger partial charge in [-0.05, 0) is 30.3 Å². The summed E-state index contributed by atoms with van der Waals surface area (Å²) in [5.41, 5.74) is 0.991. The minimum Gasteiger partial charge on any atom is -0.284 e. The van der Waals surface area contributed by atoms with Crippen molar-refractivity contribution in [1.29, 1.82) is 0 Å². The van der Waals surface area contributed by atoms with Crippen LogP contribution in [0.2, 0.25) is 0 Å². The molecule has 7 heteroatoms. The molecule has 1 unspecified atom stereocenters. The van der Waals surface area contributed by atoms with E-state index in [4.69, 9.17) is 0 Å². The van der Waals surface area contributed by atoms with Gasteiger partial charge in [-0.2, -0.15) is 0 Å². The van der Waals surface area contributed by atoms with Crippen LogP contribution in [0, 0.1) is 11.7 Å². The van der Waals surface area contributed by atoms with Crippen molar-refractivity contribution in [3.63, 3.8) is 0 Å². The molecular formula is C15H13FN4O2. The van der Waals surface area contributed by atoms with Crippen molar-refractivity contribution >= 4 is 29.2 Å². The van der Waals surface area contributed by atoms with Crippen molar-refractivity contribution in [3.05, 3.63) is 42.4 Å². The highest BCUT2D eigenvalue weighted by Crippen LogP contribution is 2.24. The van der Waals surface area contributed by atoms with Crippen molar-refractivity contribution in [1.82, 2.24) is 9.80 Å². The second-order valence-electron chi connectivity index (χ2n) is 4.99. The van der Waals surface area contributed by atoms with Gasteiger partial charge >= 0.3 is 6.03 Å². The lowest BCUT2D eigenvalue weighted by atomic mass is 9.95. The van der Waals surface area contributed by atoms with Crippen molar-refractivity contribution in [2.45, 2.75) is 0 Å².